The molecule has 1 aromatic carbocycles. The van der Waals surface area contributed by atoms with Crippen LogP contribution in [-0.4, -0.2) is 32.1 Å². The first kappa shape index (κ1) is 14.1. The third kappa shape index (κ3) is 2.32. The van der Waals surface area contributed by atoms with Gasteiger partial charge in [-0.3, -0.25) is 9.48 Å². The molecular weight excluding hydrogens is 288 g/mol. The quantitative estimate of drug-likeness (QED) is 0.790. The number of para-hydroxylation sites is 1. The van der Waals surface area contributed by atoms with Gasteiger partial charge in [0.1, 0.15) is 0 Å². The summed E-state index contributed by atoms with van der Waals surface area (Å²) in [7, 11) is 0. The van der Waals surface area contributed by atoms with E-state index in [1.54, 1.807) is 6.20 Å². The molecule has 0 saturated carbocycles. The Bertz CT molecular complexity index is 874. The SMILES string of the molecule is CC(C)n1cc(C(=O)N2CCc3c([nH]c4ccccc34)C2)cn1. The molecule has 5 nitrogen and oxygen atoms in total. The van der Waals surface area contributed by atoms with Crippen molar-refractivity contribution in [3.63, 3.8) is 0 Å². The van der Waals surface area contributed by atoms with E-state index in [0.717, 1.165) is 24.2 Å². The summed E-state index contributed by atoms with van der Waals surface area (Å²) in [4.78, 5) is 18.1. The van der Waals surface area contributed by atoms with Gasteiger partial charge in [-0.25, -0.2) is 0 Å². The van der Waals surface area contributed by atoms with Gasteiger partial charge >= 0.3 is 0 Å². The van der Waals surface area contributed by atoms with Crippen LogP contribution in [0.1, 0.15) is 41.5 Å². The highest BCUT2D eigenvalue weighted by Gasteiger charge is 2.25. The van der Waals surface area contributed by atoms with Crippen LogP contribution in [0.5, 0.6) is 0 Å². The van der Waals surface area contributed by atoms with E-state index in [9.17, 15) is 4.79 Å². The second-order valence-electron chi connectivity index (χ2n) is 6.41. The van der Waals surface area contributed by atoms with Crippen molar-refractivity contribution < 1.29 is 4.79 Å². The van der Waals surface area contributed by atoms with Crippen LogP contribution in [0.15, 0.2) is 36.7 Å². The molecule has 2 aromatic heterocycles. The largest absolute Gasteiger partial charge is 0.357 e. The van der Waals surface area contributed by atoms with Crippen molar-refractivity contribution in [2.45, 2.75) is 32.9 Å². The molecule has 3 heterocycles. The standard InChI is InChI=1S/C18H20N4O/c1-12(2)22-10-13(9-19-22)18(23)21-8-7-15-14-5-3-4-6-16(14)20-17(15)11-21/h3-6,9-10,12,20H,7-8,11H2,1-2H3. The monoisotopic (exact) mass is 308 g/mol. The van der Waals surface area contributed by atoms with Crippen molar-refractivity contribution in [3.8, 4) is 0 Å². The Balaban J connectivity index is 1.60. The number of rotatable bonds is 2. The smallest absolute Gasteiger partial charge is 0.257 e. The van der Waals surface area contributed by atoms with Gasteiger partial charge < -0.3 is 9.88 Å². The molecule has 4 rings (SSSR count). The number of aromatic nitrogens is 3. The molecule has 0 saturated heterocycles. The van der Waals surface area contributed by atoms with Crippen molar-refractivity contribution in [2.75, 3.05) is 6.54 Å². The zero-order chi connectivity index (χ0) is 16.0. The summed E-state index contributed by atoms with van der Waals surface area (Å²) in [5, 5.41) is 5.55. The number of H-pyrrole nitrogens is 1. The van der Waals surface area contributed by atoms with Gasteiger partial charge in [-0.1, -0.05) is 18.2 Å². The predicted molar refractivity (Wildman–Crippen MR) is 89.4 cm³/mol. The van der Waals surface area contributed by atoms with Crippen molar-refractivity contribution in [2.24, 2.45) is 0 Å². The van der Waals surface area contributed by atoms with Gasteiger partial charge in [0, 0.05) is 35.4 Å². The Kier molecular flexibility index (Phi) is 3.22. The van der Waals surface area contributed by atoms with Gasteiger partial charge in [-0.05, 0) is 31.9 Å². The van der Waals surface area contributed by atoms with E-state index in [0.29, 0.717) is 12.1 Å². The number of fused-ring (bicyclic) bond motifs is 3. The third-order valence-electron chi connectivity index (χ3n) is 4.55. The Morgan fingerprint density at radius 3 is 2.91 bits per heavy atom. The second kappa shape index (κ2) is 5.26. The summed E-state index contributed by atoms with van der Waals surface area (Å²) in [6, 6.07) is 8.60. The van der Waals surface area contributed by atoms with E-state index in [4.69, 9.17) is 0 Å². The Labute approximate surface area is 134 Å². The van der Waals surface area contributed by atoms with Crippen LogP contribution >= 0.6 is 0 Å². The number of hydrogen-bond donors (Lipinski definition) is 1. The van der Waals surface area contributed by atoms with Crippen LogP contribution in [0.25, 0.3) is 10.9 Å². The first-order valence-corrected chi connectivity index (χ1v) is 8.05. The third-order valence-corrected chi connectivity index (χ3v) is 4.55. The lowest BCUT2D eigenvalue weighted by molar-refractivity contribution is 0.0733. The number of aromatic amines is 1. The topological polar surface area (TPSA) is 53.9 Å². The minimum atomic E-state index is 0.0567. The first-order chi connectivity index (χ1) is 11.1. The Morgan fingerprint density at radius 1 is 1.30 bits per heavy atom. The highest BCUT2D eigenvalue weighted by atomic mass is 16.2. The zero-order valence-corrected chi connectivity index (χ0v) is 13.4. The van der Waals surface area contributed by atoms with Crippen molar-refractivity contribution in [3.05, 3.63) is 53.5 Å². The maximum atomic E-state index is 12.7. The Morgan fingerprint density at radius 2 is 2.13 bits per heavy atom. The van der Waals surface area contributed by atoms with E-state index in [1.807, 2.05) is 21.8 Å². The molecular formula is C18H20N4O. The molecule has 118 valence electrons. The molecule has 23 heavy (non-hydrogen) atoms. The number of benzene rings is 1. The predicted octanol–water partition coefficient (Wildman–Crippen LogP) is 3.14. The van der Waals surface area contributed by atoms with Crippen LogP contribution in [0.2, 0.25) is 0 Å². The van der Waals surface area contributed by atoms with Crippen LogP contribution in [-0.2, 0) is 13.0 Å². The van der Waals surface area contributed by atoms with E-state index in [-0.39, 0.29) is 11.9 Å². The molecule has 1 aliphatic rings. The Hall–Kier alpha value is -2.56. The van der Waals surface area contributed by atoms with Gasteiger partial charge in [0.25, 0.3) is 5.91 Å². The number of nitrogens with zero attached hydrogens (tertiary/aromatic N) is 3. The minimum Gasteiger partial charge on any atom is -0.357 e. The normalized spacial score (nSPS) is 14.5. The van der Waals surface area contributed by atoms with Crippen LogP contribution < -0.4 is 0 Å². The number of carbonyl (C=O) groups is 1. The summed E-state index contributed by atoms with van der Waals surface area (Å²) in [6.45, 7) is 5.49. The van der Waals surface area contributed by atoms with Gasteiger partial charge in [0.2, 0.25) is 0 Å². The average Bonchev–Trinajstić information content (AvgIpc) is 3.18. The summed E-state index contributed by atoms with van der Waals surface area (Å²) in [5.74, 6) is 0.0567. The van der Waals surface area contributed by atoms with E-state index in [1.165, 1.54) is 10.9 Å². The fourth-order valence-corrected chi connectivity index (χ4v) is 3.28. The molecule has 0 aliphatic carbocycles. The average molecular weight is 308 g/mol. The summed E-state index contributed by atoms with van der Waals surface area (Å²) >= 11 is 0. The van der Waals surface area contributed by atoms with Crippen molar-refractivity contribution in [1.29, 1.82) is 0 Å². The maximum Gasteiger partial charge on any atom is 0.257 e. The number of hydrogen-bond acceptors (Lipinski definition) is 2. The minimum absolute atomic E-state index is 0.0567. The summed E-state index contributed by atoms with van der Waals surface area (Å²) in [5.41, 5.74) is 4.32. The molecule has 1 N–H and O–H groups in total. The molecule has 1 aliphatic heterocycles. The van der Waals surface area contributed by atoms with Gasteiger partial charge in [0.15, 0.2) is 0 Å². The molecule has 1 amide bonds. The molecule has 0 atom stereocenters. The van der Waals surface area contributed by atoms with Crippen LogP contribution in [0.3, 0.4) is 0 Å². The fraction of sp³-hybridized carbons (Fsp3) is 0.333. The van der Waals surface area contributed by atoms with Crippen molar-refractivity contribution >= 4 is 16.8 Å². The number of carbonyl (C=O) groups excluding carboxylic acids is 1. The molecule has 0 unspecified atom stereocenters. The maximum absolute atomic E-state index is 12.7. The molecule has 3 aromatic rings. The number of nitrogens with one attached hydrogen (secondary N) is 1. The lowest BCUT2D eigenvalue weighted by Crippen LogP contribution is -2.35. The van der Waals surface area contributed by atoms with Gasteiger partial charge in [-0.15, -0.1) is 0 Å². The molecule has 5 heteroatoms. The van der Waals surface area contributed by atoms with E-state index >= 15 is 0 Å². The highest BCUT2D eigenvalue weighted by Crippen LogP contribution is 2.28. The summed E-state index contributed by atoms with van der Waals surface area (Å²) in [6.07, 6.45) is 4.40. The molecule has 0 radical (unpaired) electrons. The van der Waals surface area contributed by atoms with Gasteiger partial charge in [0.05, 0.1) is 18.3 Å². The fourth-order valence-electron chi connectivity index (χ4n) is 3.28. The lowest BCUT2D eigenvalue weighted by atomic mass is 10.0. The van der Waals surface area contributed by atoms with E-state index < -0.39 is 0 Å². The van der Waals surface area contributed by atoms with Crippen molar-refractivity contribution in [1.82, 2.24) is 19.7 Å². The number of amides is 1. The van der Waals surface area contributed by atoms with Crippen LogP contribution in [0.4, 0.5) is 0 Å². The lowest BCUT2D eigenvalue weighted by Gasteiger charge is -2.26. The van der Waals surface area contributed by atoms with E-state index in [2.05, 4.69) is 42.1 Å². The van der Waals surface area contributed by atoms with Gasteiger partial charge in [-0.2, -0.15) is 5.10 Å². The highest BCUT2D eigenvalue weighted by molar-refractivity contribution is 5.94. The molecule has 0 bridgehead atoms. The van der Waals surface area contributed by atoms with Crippen LogP contribution in [0, 0.1) is 0 Å². The first-order valence-electron chi connectivity index (χ1n) is 8.05. The second-order valence-corrected chi connectivity index (χ2v) is 6.41. The molecule has 0 fully saturated rings. The zero-order valence-electron chi connectivity index (χ0n) is 13.4. The molecule has 0 spiro atoms. The summed E-state index contributed by atoms with van der Waals surface area (Å²) < 4.78 is 1.82.